The summed E-state index contributed by atoms with van der Waals surface area (Å²) in [4.78, 5) is 23.8. The van der Waals surface area contributed by atoms with E-state index >= 15 is 0 Å². The molecule has 1 amide bonds. The molecule has 0 aromatic heterocycles. The summed E-state index contributed by atoms with van der Waals surface area (Å²) >= 11 is 11.7. The summed E-state index contributed by atoms with van der Waals surface area (Å²) in [7, 11) is 1.47. The summed E-state index contributed by atoms with van der Waals surface area (Å²) < 4.78 is 10.2. The van der Waals surface area contributed by atoms with Crippen molar-refractivity contribution in [3.63, 3.8) is 0 Å². The molecule has 0 atom stereocenters. The standard InChI is InChI=1S/C17H15Cl2NO4/c1-23-15-5-3-2-4-12(15)17(22)20-9-16(21)24-10-11-6-7-13(18)14(19)8-11/h2-8H,9-10H2,1H3,(H,20,22). The van der Waals surface area contributed by atoms with Crippen LogP contribution < -0.4 is 10.1 Å². The number of para-hydroxylation sites is 1. The largest absolute Gasteiger partial charge is 0.496 e. The lowest BCUT2D eigenvalue weighted by Crippen LogP contribution is -2.30. The second kappa shape index (κ2) is 8.57. The fraction of sp³-hybridized carbons (Fsp3) is 0.176. The lowest BCUT2D eigenvalue weighted by Gasteiger charge is -2.09. The minimum Gasteiger partial charge on any atom is -0.496 e. The molecule has 0 aliphatic carbocycles. The molecule has 0 unspecified atom stereocenters. The number of rotatable bonds is 6. The number of carbonyl (C=O) groups is 2. The van der Waals surface area contributed by atoms with Gasteiger partial charge in [-0.05, 0) is 29.8 Å². The van der Waals surface area contributed by atoms with Crippen LogP contribution >= 0.6 is 23.2 Å². The summed E-state index contributed by atoms with van der Waals surface area (Å²) in [6.07, 6.45) is 0. The summed E-state index contributed by atoms with van der Waals surface area (Å²) in [5.41, 5.74) is 1.05. The predicted molar refractivity (Wildman–Crippen MR) is 91.6 cm³/mol. The zero-order valence-corrected chi connectivity index (χ0v) is 14.4. The summed E-state index contributed by atoms with van der Waals surface area (Å²) in [6, 6.07) is 11.7. The molecule has 0 spiro atoms. The lowest BCUT2D eigenvalue weighted by molar-refractivity contribution is -0.143. The molecule has 0 saturated heterocycles. The fourth-order valence-corrected chi connectivity index (χ4v) is 2.24. The summed E-state index contributed by atoms with van der Waals surface area (Å²) in [5.74, 6) is -0.553. The Morgan fingerprint density at radius 2 is 1.83 bits per heavy atom. The quantitative estimate of drug-likeness (QED) is 0.793. The first-order valence-corrected chi connectivity index (χ1v) is 7.77. The van der Waals surface area contributed by atoms with E-state index in [0.717, 1.165) is 0 Å². The van der Waals surface area contributed by atoms with Crippen molar-refractivity contribution in [1.82, 2.24) is 5.32 Å². The van der Waals surface area contributed by atoms with Crippen molar-refractivity contribution in [1.29, 1.82) is 0 Å². The first-order valence-electron chi connectivity index (χ1n) is 7.02. The van der Waals surface area contributed by atoms with E-state index in [2.05, 4.69) is 5.32 Å². The van der Waals surface area contributed by atoms with E-state index < -0.39 is 11.9 Å². The molecule has 0 aliphatic rings. The first kappa shape index (κ1) is 18.1. The number of esters is 1. The van der Waals surface area contributed by atoms with E-state index in [4.69, 9.17) is 32.7 Å². The molecule has 0 radical (unpaired) electrons. The van der Waals surface area contributed by atoms with Gasteiger partial charge >= 0.3 is 5.97 Å². The average Bonchev–Trinajstić information content (AvgIpc) is 2.60. The van der Waals surface area contributed by atoms with Crippen LogP contribution in [0.2, 0.25) is 10.0 Å². The minimum absolute atomic E-state index is 0.0419. The number of halogens is 2. The third kappa shape index (κ3) is 4.88. The van der Waals surface area contributed by atoms with Gasteiger partial charge in [0.1, 0.15) is 18.9 Å². The Hall–Kier alpha value is -2.24. The molecule has 2 rings (SSSR count). The number of nitrogens with one attached hydrogen (secondary N) is 1. The van der Waals surface area contributed by atoms with E-state index in [1.807, 2.05) is 0 Å². The molecular formula is C17H15Cl2NO4. The lowest BCUT2D eigenvalue weighted by atomic mass is 10.2. The van der Waals surface area contributed by atoms with Crippen molar-refractivity contribution in [2.24, 2.45) is 0 Å². The minimum atomic E-state index is -0.565. The molecule has 24 heavy (non-hydrogen) atoms. The fourth-order valence-electron chi connectivity index (χ4n) is 1.92. The van der Waals surface area contributed by atoms with Gasteiger partial charge in [-0.3, -0.25) is 9.59 Å². The number of ether oxygens (including phenoxy) is 2. The Morgan fingerprint density at radius 1 is 1.08 bits per heavy atom. The molecule has 1 N–H and O–H groups in total. The summed E-state index contributed by atoms with van der Waals surface area (Å²) in [5, 5.41) is 3.30. The van der Waals surface area contributed by atoms with Crippen LogP contribution in [0.15, 0.2) is 42.5 Å². The van der Waals surface area contributed by atoms with Crippen LogP contribution in [-0.2, 0) is 16.1 Å². The second-order valence-corrected chi connectivity index (χ2v) is 5.61. The molecule has 0 aliphatic heterocycles. The van der Waals surface area contributed by atoms with E-state index in [9.17, 15) is 9.59 Å². The van der Waals surface area contributed by atoms with Crippen molar-refractivity contribution >= 4 is 35.1 Å². The Morgan fingerprint density at radius 3 is 2.54 bits per heavy atom. The van der Waals surface area contributed by atoms with E-state index in [-0.39, 0.29) is 13.2 Å². The Kier molecular flexibility index (Phi) is 6.46. The molecule has 0 heterocycles. The second-order valence-electron chi connectivity index (χ2n) is 4.79. The highest BCUT2D eigenvalue weighted by Crippen LogP contribution is 2.22. The van der Waals surface area contributed by atoms with Gasteiger partial charge in [-0.25, -0.2) is 0 Å². The van der Waals surface area contributed by atoms with Gasteiger partial charge in [0.25, 0.3) is 5.91 Å². The van der Waals surface area contributed by atoms with Crippen LogP contribution in [0.5, 0.6) is 5.75 Å². The van der Waals surface area contributed by atoms with Gasteiger partial charge < -0.3 is 14.8 Å². The van der Waals surface area contributed by atoms with Crippen molar-refractivity contribution in [3.05, 3.63) is 63.6 Å². The van der Waals surface area contributed by atoms with Crippen LogP contribution in [0.3, 0.4) is 0 Å². The van der Waals surface area contributed by atoms with Crippen molar-refractivity contribution in [3.8, 4) is 5.75 Å². The van der Waals surface area contributed by atoms with E-state index in [0.29, 0.717) is 26.9 Å². The molecule has 126 valence electrons. The van der Waals surface area contributed by atoms with Gasteiger partial charge in [0, 0.05) is 0 Å². The van der Waals surface area contributed by atoms with Gasteiger partial charge in [0.05, 0.1) is 22.7 Å². The zero-order valence-electron chi connectivity index (χ0n) is 12.8. The first-order chi connectivity index (χ1) is 11.5. The number of benzene rings is 2. The van der Waals surface area contributed by atoms with Crippen molar-refractivity contribution in [2.45, 2.75) is 6.61 Å². The van der Waals surface area contributed by atoms with E-state index in [1.165, 1.54) is 7.11 Å². The van der Waals surface area contributed by atoms with Gasteiger partial charge in [-0.15, -0.1) is 0 Å². The Bertz CT molecular complexity index is 749. The smallest absolute Gasteiger partial charge is 0.325 e. The molecule has 2 aromatic rings. The maximum absolute atomic E-state index is 12.1. The number of carbonyl (C=O) groups excluding carboxylic acids is 2. The van der Waals surface area contributed by atoms with Crippen molar-refractivity contribution < 1.29 is 19.1 Å². The topological polar surface area (TPSA) is 64.6 Å². The Balaban J connectivity index is 1.84. The third-order valence-corrected chi connectivity index (χ3v) is 3.87. The molecule has 7 heteroatoms. The van der Waals surface area contributed by atoms with E-state index in [1.54, 1.807) is 42.5 Å². The highest BCUT2D eigenvalue weighted by Gasteiger charge is 2.13. The number of hydrogen-bond acceptors (Lipinski definition) is 4. The van der Waals surface area contributed by atoms with Crippen LogP contribution in [0, 0.1) is 0 Å². The summed E-state index contributed by atoms with van der Waals surface area (Å²) in [6.45, 7) is -0.210. The molecule has 0 bridgehead atoms. The zero-order chi connectivity index (χ0) is 17.5. The number of hydrogen-bond donors (Lipinski definition) is 1. The van der Waals surface area contributed by atoms with Crippen LogP contribution in [0.25, 0.3) is 0 Å². The van der Waals surface area contributed by atoms with Gasteiger partial charge in [0.2, 0.25) is 0 Å². The average molecular weight is 368 g/mol. The predicted octanol–water partition coefficient (Wildman–Crippen LogP) is 3.48. The Labute approximate surface area is 149 Å². The number of methoxy groups -OCH3 is 1. The van der Waals surface area contributed by atoms with Gasteiger partial charge in [-0.2, -0.15) is 0 Å². The molecule has 0 fully saturated rings. The maximum atomic E-state index is 12.1. The molecule has 2 aromatic carbocycles. The maximum Gasteiger partial charge on any atom is 0.325 e. The normalized spacial score (nSPS) is 10.1. The van der Waals surface area contributed by atoms with Crippen LogP contribution in [0.1, 0.15) is 15.9 Å². The van der Waals surface area contributed by atoms with Crippen LogP contribution in [0.4, 0.5) is 0 Å². The molecule has 0 saturated carbocycles. The van der Waals surface area contributed by atoms with Crippen molar-refractivity contribution in [2.75, 3.05) is 13.7 Å². The monoisotopic (exact) mass is 367 g/mol. The molecular weight excluding hydrogens is 353 g/mol. The highest BCUT2D eigenvalue weighted by atomic mass is 35.5. The molecule has 5 nitrogen and oxygen atoms in total. The third-order valence-electron chi connectivity index (χ3n) is 3.13. The van der Waals surface area contributed by atoms with Gasteiger partial charge in [-0.1, -0.05) is 41.4 Å². The van der Waals surface area contributed by atoms with Gasteiger partial charge in [0.15, 0.2) is 0 Å². The highest BCUT2D eigenvalue weighted by molar-refractivity contribution is 6.42. The SMILES string of the molecule is COc1ccccc1C(=O)NCC(=O)OCc1ccc(Cl)c(Cl)c1. The number of amides is 1. The van der Waals surface area contributed by atoms with Crippen LogP contribution in [-0.4, -0.2) is 25.5 Å².